The topological polar surface area (TPSA) is 90.9 Å². The second-order valence-corrected chi connectivity index (χ2v) is 11.0. The van der Waals surface area contributed by atoms with Crippen molar-refractivity contribution in [1.82, 2.24) is 19.7 Å². The van der Waals surface area contributed by atoms with Crippen molar-refractivity contribution in [1.29, 1.82) is 0 Å². The molecule has 2 aromatic heterocycles. The molecule has 0 unspecified atom stereocenters. The molecular weight excluding hydrogens is 507 g/mol. The van der Waals surface area contributed by atoms with Crippen LogP contribution in [-0.2, 0) is 16.6 Å². The molecule has 40 heavy (non-hydrogen) atoms. The van der Waals surface area contributed by atoms with Crippen LogP contribution in [0.1, 0.15) is 58.3 Å². The van der Waals surface area contributed by atoms with Gasteiger partial charge in [-0.1, -0.05) is 44.1 Å². The highest BCUT2D eigenvalue weighted by atomic mass is 19.1. The molecular formula is C32H31FN4O3. The Kier molecular flexibility index (Phi) is 7.43. The van der Waals surface area contributed by atoms with Crippen LogP contribution >= 0.6 is 0 Å². The zero-order valence-electron chi connectivity index (χ0n) is 23.1. The first kappa shape index (κ1) is 27.1. The lowest BCUT2D eigenvalue weighted by Crippen LogP contribution is -2.24. The minimum Gasteiger partial charge on any atom is -0.334 e. The lowest BCUT2D eigenvalue weighted by Gasteiger charge is -2.18. The van der Waals surface area contributed by atoms with Gasteiger partial charge in [0.1, 0.15) is 17.4 Å². The Morgan fingerprint density at radius 3 is 2.30 bits per heavy atom. The number of unbranched alkanes of at least 4 members (excludes halogenated alkanes) is 1. The van der Waals surface area contributed by atoms with Gasteiger partial charge in [0.2, 0.25) is 5.82 Å². The third-order valence-corrected chi connectivity index (χ3v) is 6.89. The van der Waals surface area contributed by atoms with Crippen molar-refractivity contribution >= 4 is 16.7 Å². The van der Waals surface area contributed by atoms with E-state index in [1.54, 1.807) is 37.3 Å². The fourth-order valence-electron chi connectivity index (χ4n) is 4.62. The third-order valence-electron chi connectivity index (χ3n) is 6.89. The number of fused-ring (bicyclic) bond motifs is 1. The number of Topliss-reactive ketones (excluding diaryl/α,β-unsaturated/α-hetero) is 1. The Morgan fingerprint density at radius 1 is 0.925 bits per heavy atom. The van der Waals surface area contributed by atoms with Crippen LogP contribution in [0.25, 0.3) is 39.4 Å². The molecule has 0 fully saturated rings. The number of hydrogen-bond donors (Lipinski definition) is 0. The van der Waals surface area contributed by atoms with Gasteiger partial charge in [-0.15, -0.1) is 0 Å². The average Bonchev–Trinajstić information content (AvgIpc) is 3.42. The number of aryl methyl sites for hydroxylation is 1. The van der Waals surface area contributed by atoms with Crippen molar-refractivity contribution in [3.63, 3.8) is 0 Å². The molecule has 5 rings (SSSR count). The number of ketones is 1. The number of carbonyl (C=O) groups is 1. The Morgan fingerprint density at radius 2 is 1.62 bits per heavy atom. The van der Waals surface area contributed by atoms with Crippen molar-refractivity contribution in [3.05, 3.63) is 94.3 Å². The molecule has 0 N–H and O–H groups in total. The minimum absolute atomic E-state index is 0.0399. The van der Waals surface area contributed by atoms with Crippen molar-refractivity contribution in [3.8, 4) is 28.5 Å². The van der Waals surface area contributed by atoms with Gasteiger partial charge in [-0.25, -0.2) is 9.37 Å². The van der Waals surface area contributed by atoms with Crippen molar-refractivity contribution in [2.24, 2.45) is 0 Å². The summed E-state index contributed by atoms with van der Waals surface area (Å²) in [4.78, 5) is 34.5. The van der Waals surface area contributed by atoms with Crippen molar-refractivity contribution < 1.29 is 13.7 Å². The molecule has 0 aliphatic heterocycles. The molecule has 0 saturated heterocycles. The van der Waals surface area contributed by atoms with Gasteiger partial charge in [0, 0.05) is 24.0 Å². The first-order valence-corrected chi connectivity index (χ1v) is 13.4. The summed E-state index contributed by atoms with van der Waals surface area (Å²) < 4.78 is 20.7. The van der Waals surface area contributed by atoms with Gasteiger partial charge in [-0.05, 0) is 79.3 Å². The maximum atomic E-state index is 13.6. The third kappa shape index (κ3) is 5.76. The number of halogens is 1. The van der Waals surface area contributed by atoms with E-state index in [4.69, 9.17) is 9.51 Å². The summed E-state index contributed by atoms with van der Waals surface area (Å²) in [5, 5.41) is 4.59. The normalized spacial score (nSPS) is 11.7. The van der Waals surface area contributed by atoms with Crippen LogP contribution in [0.15, 0.2) is 76.0 Å². The smallest absolute Gasteiger partial charge is 0.265 e. The Hall–Kier alpha value is -4.46. The molecule has 0 aliphatic carbocycles. The van der Waals surface area contributed by atoms with E-state index in [1.807, 2.05) is 12.1 Å². The van der Waals surface area contributed by atoms with Gasteiger partial charge in [0.15, 0.2) is 0 Å². The number of carbonyl (C=O) groups excluding carboxylic acids is 1. The summed E-state index contributed by atoms with van der Waals surface area (Å²) in [6, 6.07) is 19.1. The largest absolute Gasteiger partial charge is 0.334 e. The molecule has 7 nitrogen and oxygen atoms in total. The van der Waals surface area contributed by atoms with Gasteiger partial charge in [0.25, 0.3) is 11.4 Å². The zero-order chi connectivity index (χ0) is 28.4. The predicted octanol–water partition coefficient (Wildman–Crippen LogP) is 6.84. The highest BCUT2D eigenvalue weighted by molar-refractivity contribution is 5.83. The van der Waals surface area contributed by atoms with E-state index in [1.165, 1.54) is 22.3 Å². The molecule has 0 saturated carbocycles. The van der Waals surface area contributed by atoms with E-state index in [-0.39, 0.29) is 22.6 Å². The number of rotatable bonds is 8. The molecule has 0 amide bonds. The summed E-state index contributed by atoms with van der Waals surface area (Å²) in [7, 11) is 0. The first-order valence-electron chi connectivity index (χ1n) is 13.4. The van der Waals surface area contributed by atoms with E-state index in [9.17, 15) is 14.0 Å². The number of benzene rings is 3. The molecule has 0 radical (unpaired) electrons. The molecule has 0 atom stereocenters. The average molecular weight is 539 g/mol. The fraction of sp³-hybridized carbons (Fsp3) is 0.281. The second kappa shape index (κ2) is 11.0. The lowest BCUT2D eigenvalue weighted by molar-refractivity contribution is -0.117. The summed E-state index contributed by atoms with van der Waals surface area (Å²) in [5.41, 5.74) is 3.52. The fourth-order valence-corrected chi connectivity index (χ4v) is 4.62. The maximum absolute atomic E-state index is 13.6. The van der Waals surface area contributed by atoms with E-state index in [0.29, 0.717) is 65.4 Å². The van der Waals surface area contributed by atoms with E-state index in [2.05, 4.69) is 43.0 Å². The lowest BCUT2D eigenvalue weighted by atomic mass is 9.87. The SMILES string of the molecule is CC(=O)CCCCc1nc2cc(-c3noc(-c4ccc(C(C)(C)C)cc4)n3)ccc2c(=O)n1-c1ccc(F)cc1. The van der Waals surface area contributed by atoms with E-state index >= 15 is 0 Å². The first-order chi connectivity index (χ1) is 19.1. The van der Waals surface area contributed by atoms with Crippen LogP contribution in [0.4, 0.5) is 4.39 Å². The number of nitrogens with zero attached hydrogens (tertiary/aromatic N) is 4. The van der Waals surface area contributed by atoms with Gasteiger partial charge in [-0.2, -0.15) is 4.98 Å². The quantitative estimate of drug-likeness (QED) is 0.201. The van der Waals surface area contributed by atoms with Crippen LogP contribution in [-0.4, -0.2) is 25.5 Å². The van der Waals surface area contributed by atoms with Crippen LogP contribution in [0.3, 0.4) is 0 Å². The van der Waals surface area contributed by atoms with Gasteiger partial charge in [-0.3, -0.25) is 9.36 Å². The predicted molar refractivity (Wildman–Crippen MR) is 153 cm³/mol. The monoisotopic (exact) mass is 538 g/mol. The van der Waals surface area contributed by atoms with Crippen LogP contribution in [0, 0.1) is 5.82 Å². The molecule has 5 aromatic rings. The number of hydrogen-bond acceptors (Lipinski definition) is 6. The molecule has 204 valence electrons. The maximum Gasteiger partial charge on any atom is 0.265 e. The minimum atomic E-state index is -0.386. The van der Waals surface area contributed by atoms with E-state index < -0.39 is 0 Å². The van der Waals surface area contributed by atoms with Gasteiger partial charge < -0.3 is 9.32 Å². The van der Waals surface area contributed by atoms with Crippen molar-refractivity contribution in [2.75, 3.05) is 0 Å². The Balaban J connectivity index is 1.51. The number of aromatic nitrogens is 4. The molecule has 3 aromatic carbocycles. The van der Waals surface area contributed by atoms with Crippen molar-refractivity contribution in [2.45, 2.75) is 58.8 Å². The molecule has 0 bridgehead atoms. The summed E-state index contributed by atoms with van der Waals surface area (Å²) in [6.07, 6.45) is 2.32. The van der Waals surface area contributed by atoms with Gasteiger partial charge >= 0.3 is 0 Å². The summed E-state index contributed by atoms with van der Waals surface area (Å²) >= 11 is 0. The Bertz CT molecular complexity index is 1730. The molecule has 8 heteroatoms. The highest BCUT2D eigenvalue weighted by Gasteiger charge is 2.18. The molecule has 0 aliphatic rings. The standard InChI is InChI=1S/C32H31FN4O3/c1-20(38)7-5-6-8-28-34-27-19-22(11-18-26(27)31(39)37(28)25-16-14-24(33)15-17-25)29-35-30(40-36-29)21-9-12-23(13-10-21)32(2,3)4/h9-19H,5-8H2,1-4H3. The van der Waals surface area contributed by atoms with Crippen LogP contribution in [0.2, 0.25) is 0 Å². The Labute approximate surface area is 231 Å². The molecule has 0 spiro atoms. The second-order valence-electron chi connectivity index (χ2n) is 11.0. The summed E-state index contributed by atoms with van der Waals surface area (Å²) in [5.74, 6) is 1.07. The molecule has 2 heterocycles. The summed E-state index contributed by atoms with van der Waals surface area (Å²) in [6.45, 7) is 8.04. The highest BCUT2D eigenvalue weighted by Crippen LogP contribution is 2.28. The van der Waals surface area contributed by atoms with Crippen LogP contribution < -0.4 is 5.56 Å². The van der Waals surface area contributed by atoms with Crippen LogP contribution in [0.5, 0.6) is 0 Å². The van der Waals surface area contributed by atoms with Gasteiger partial charge in [0.05, 0.1) is 16.6 Å². The zero-order valence-corrected chi connectivity index (χ0v) is 23.1. The van der Waals surface area contributed by atoms with E-state index in [0.717, 1.165) is 5.56 Å².